The fraction of sp³-hybridized carbons (Fsp3) is 0.235. The summed E-state index contributed by atoms with van der Waals surface area (Å²) in [4.78, 5) is 26.8. The van der Waals surface area contributed by atoms with Crippen molar-refractivity contribution in [1.29, 1.82) is 0 Å². The van der Waals surface area contributed by atoms with Crippen LogP contribution >= 0.6 is 0 Å². The van der Waals surface area contributed by atoms with E-state index in [1.54, 1.807) is 87.0 Å². The first kappa shape index (κ1) is 27.2. The summed E-state index contributed by atoms with van der Waals surface area (Å²) in [5.74, 6) is 0.553. The molecule has 4 aromatic rings. The van der Waals surface area contributed by atoms with Crippen molar-refractivity contribution in [2.45, 2.75) is 12.2 Å². The SMILES string of the molecule is COc1ccc2c(c1)[C@@H](OC(=O)c1ccccc1)[C@@H]([C@H]1COc3ccc(OC)cc3[C@H]1OC(=O)c1ccccc1)CO2. The molecular formula is C34H30O8. The first-order valence-corrected chi connectivity index (χ1v) is 13.7. The summed E-state index contributed by atoms with van der Waals surface area (Å²) >= 11 is 0. The van der Waals surface area contributed by atoms with Crippen LogP contribution in [0.15, 0.2) is 97.1 Å². The van der Waals surface area contributed by atoms with Gasteiger partial charge in [-0.1, -0.05) is 36.4 Å². The lowest BCUT2D eigenvalue weighted by atomic mass is 9.77. The zero-order valence-electron chi connectivity index (χ0n) is 23.2. The van der Waals surface area contributed by atoms with Crippen molar-refractivity contribution < 1.29 is 38.0 Å². The molecular weight excluding hydrogens is 536 g/mol. The maximum Gasteiger partial charge on any atom is 0.338 e. The van der Waals surface area contributed by atoms with Gasteiger partial charge < -0.3 is 28.4 Å². The fourth-order valence-corrected chi connectivity index (χ4v) is 5.54. The summed E-state index contributed by atoms with van der Waals surface area (Å²) in [6.07, 6.45) is -1.48. The molecule has 0 unspecified atom stereocenters. The number of carbonyl (C=O) groups is 2. The Hall–Kier alpha value is -4.98. The highest BCUT2D eigenvalue weighted by molar-refractivity contribution is 5.90. The van der Waals surface area contributed by atoms with E-state index in [0.717, 1.165) is 0 Å². The molecule has 6 rings (SSSR count). The average Bonchev–Trinajstić information content (AvgIpc) is 3.05. The summed E-state index contributed by atoms with van der Waals surface area (Å²) in [5, 5.41) is 0. The molecule has 0 aliphatic carbocycles. The summed E-state index contributed by atoms with van der Waals surface area (Å²) in [7, 11) is 3.15. The van der Waals surface area contributed by atoms with Crippen molar-refractivity contribution in [2.75, 3.05) is 27.4 Å². The molecule has 0 bridgehead atoms. The van der Waals surface area contributed by atoms with Crippen molar-refractivity contribution in [3.05, 3.63) is 119 Å². The lowest BCUT2D eigenvalue weighted by molar-refractivity contribution is -0.0733. The zero-order valence-corrected chi connectivity index (χ0v) is 23.2. The number of hydrogen-bond donors (Lipinski definition) is 0. The molecule has 8 heteroatoms. The van der Waals surface area contributed by atoms with Crippen molar-refractivity contribution in [3.8, 4) is 23.0 Å². The molecule has 0 aromatic heterocycles. The Morgan fingerprint density at radius 3 is 1.38 bits per heavy atom. The first-order chi connectivity index (χ1) is 20.6. The van der Waals surface area contributed by atoms with Gasteiger partial charge in [0.2, 0.25) is 0 Å². The predicted molar refractivity (Wildman–Crippen MR) is 153 cm³/mol. The van der Waals surface area contributed by atoms with Gasteiger partial charge in [-0.3, -0.25) is 0 Å². The van der Waals surface area contributed by atoms with Crippen LogP contribution in [0.3, 0.4) is 0 Å². The number of rotatable bonds is 7. The van der Waals surface area contributed by atoms with Crippen LogP contribution in [-0.2, 0) is 9.47 Å². The number of carbonyl (C=O) groups excluding carboxylic acids is 2. The third-order valence-corrected chi connectivity index (χ3v) is 7.72. The van der Waals surface area contributed by atoms with Gasteiger partial charge in [0.1, 0.15) is 35.2 Å². The van der Waals surface area contributed by atoms with Gasteiger partial charge in [-0.2, -0.15) is 0 Å². The molecule has 42 heavy (non-hydrogen) atoms. The van der Waals surface area contributed by atoms with Crippen molar-refractivity contribution >= 4 is 11.9 Å². The van der Waals surface area contributed by atoms with Crippen LogP contribution in [0.25, 0.3) is 0 Å². The van der Waals surface area contributed by atoms with Crippen LogP contribution in [-0.4, -0.2) is 39.4 Å². The highest BCUT2D eigenvalue weighted by Gasteiger charge is 2.47. The molecule has 4 atom stereocenters. The smallest absolute Gasteiger partial charge is 0.338 e. The number of ether oxygens (including phenoxy) is 6. The normalized spacial score (nSPS) is 20.5. The van der Waals surface area contributed by atoms with Crippen molar-refractivity contribution in [1.82, 2.24) is 0 Å². The van der Waals surface area contributed by atoms with Gasteiger partial charge in [0.15, 0.2) is 0 Å². The molecule has 0 fully saturated rings. The molecule has 0 amide bonds. The Labute approximate surface area is 243 Å². The Morgan fingerprint density at radius 1 is 0.595 bits per heavy atom. The molecule has 0 saturated carbocycles. The van der Waals surface area contributed by atoms with Crippen LogP contribution in [0, 0.1) is 11.8 Å². The highest BCUT2D eigenvalue weighted by Crippen LogP contribution is 2.50. The van der Waals surface area contributed by atoms with Gasteiger partial charge in [-0.05, 0) is 60.7 Å². The minimum absolute atomic E-state index is 0.207. The number of hydrogen-bond acceptors (Lipinski definition) is 8. The van der Waals surface area contributed by atoms with E-state index in [0.29, 0.717) is 45.3 Å². The maximum atomic E-state index is 13.4. The molecule has 4 aromatic carbocycles. The van der Waals surface area contributed by atoms with E-state index in [-0.39, 0.29) is 13.2 Å². The highest BCUT2D eigenvalue weighted by atomic mass is 16.6. The standard InChI is InChI=1S/C34H30O8/c1-37-23-13-15-29-25(17-23)31(41-33(35)21-9-5-3-6-10-21)27(19-39-29)28-20-40-30-16-14-24(38-2)18-26(30)32(28)42-34(36)22-11-7-4-8-12-22/h3-18,27-28,31-32H,19-20H2,1-2H3/t27-,28-,31-,32-/m1/s1. The molecule has 2 heterocycles. The molecule has 214 valence electrons. The van der Waals surface area contributed by atoms with E-state index in [4.69, 9.17) is 28.4 Å². The number of methoxy groups -OCH3 is 2. The van der Waals surface area contributed by atoms with Gasteiger partial charge in [0.05, 0.1) is 38.6 Å². The molecule has 2 aliphatic heterocycles. The van der Waals surface area contributed by atoms with Crippen LogP contribution in [0.5, 0.6) is 23.0 Å². The fourth-order valence-electron chi connectivity index (χ4n) is 5.54. The summed E-state index contributed by atoms with van der Waals surface area (Å²) in [6.45, 7) is 0.414. The second-order valence-corrected chi connectivity index (χ2v) is 10.1. The van der Waals surface area contributed by atoms with E-state index in [2.05, 4.69) is 0 Å². The first-order valence-electron chi connectivity index (χ1n) is 13.7. The van der Waals surface area contributed by atoms with Gasteiger partial charge in [-0.15, -0.1) is 0 Å². The van der Waals surface area contributed by atoms with Crippen LogP contribution < -0.4 is 18.9 Å². The number of fused-ring (bicyclic) bond motifs is 2. The lowest BCUT2D eigenvalue weighted by Gasteiger charge is -2.42. The third-order valence-electron chi connectivity index (χ3n) is 7.72. The van der Waals surface area contributed by atoms with Gasteiger partial charge in [-0.25, -0.2) is 9.59 Å². The van der Waals surface area contributed by atoms with E-state index >= 15 is 0 Å². The Kier molecular flexibility index (Phi) is 7.68. The maximum absolute atomic E-state index is 13.4. The summed E-state index contributed by atoms with van der Waals surface area (Å²) in [5.41, 5.74) is 2.18. The quantitative estimate of drug-likeness (QED) is 0.244. The Bertz CT molecular complexity index is 1450. The molecule has 0 spiro atoms. The molecule has 8 nitrogen and oxygen atoms in total. The van der Waals surface area contributed by atoms with Crippen LogP contribution in [0.1, 0.15) is 44.1 Å². The second kappa shape index (κ2) is 11.9. The number of benzene rings is 4. The molecule has 0 saturated heterocycles. The molecule has 0 N–H and O–H groups in total. The van der Waals surface area contributed by atoms with Gasteiger partial charge >= 0.3 is 11.9 Å². The number of esters is 2. The molecule has 0 radical (unpaired) electrons. The van der Waals surface area contributed by atoms with Gasteiger partial charge in [0.25, 0.3) is 0 Å². The Morgan fingerprint density at radius 2 is 1.00 bits per heavy atom. The topological polar surface area (TPSA) is 89.5 Å². The second-order valence-electron chi connectivity index (χ2n) is 10.1. The summed E-state index contributed by atoms with van der Waals surface area (Å²) < 4.78 is 35.9. The predicted octanol–water partition coefficient (Wildman–Crippen LogP) is 6.22. The van der Waals surface area contributed by atoms with E-state index in [1.165, 1.54) is 0 Å². The van der Waals surface area contributed by atoms with Gasteiger partial charge in [0, 0.05) is 23.0 Å². The monoisotopic (exact) mass is 566 g/mol. The Balaban J connectivity index is 1.41. The van der Waals surface area contributed by atoms with E-state index in [1.807, 2.05) is 24.3 Å². The van der Waals surface area contributed by atoms with E-state index < -0.39 is 36.0 Å². The third kappa shape index (κ3) is 5.35. The van der Waals surface area contributed by atoms with Crippen LogP contribution in [0.2, 0.25) is 0 Å². The zero-order chi connectivity index (χ0) is 29.1. The van der Waals surface area contributed by atoms with Crippen molar-refractivity contribution in [3.63, 3.8) is 0 Å². The summed E-state index contributed by atoms with van der Waals surface area (Å²) in [6, 6.07) is 28.5. The average molecular weight is 567 g/mol. The lowest BCUT2D eigenvalue weighted by Crippen LogP contribution is -2.42. The van der Waals surface area contributed by atoms with E-state index in [9.17, 15) is 9.59 Å². The van der Waals surface area contributed by atoms with Crippen molar-refractivity contribution in [2.24, 2.45) is 11.8 Å². The molecule has 2 aliphatic rings. The minimum Gasteiger partial charge on any atom is -0.497 e. The largest absolute Gasteiger partial charge is 0.497 e. The minimum atomic E-state index is -0.741. The van der Waals surface area contributed by atoms with Crippen LogP contribution in [0.4, 0.5) is 0 Å².